The summed E-state index contributed by atoms with van der Waals surface area (Å²) >= 11 is 0. The summed E-state index contributed by atoms with van der Waals surface area (Å²) in [6, 6.07) is -0.231. The van der Waals surface area contributed by atoms with Crippen LogP contribution in [0, 0.1) is 0 Å². The van der Waals surface area contributed by atoms with Crippen LogP contribution in [-0.4, -0.2) is 39.8 Å². The molecule has 0 radical (unpaired) electrons. The number of carbonyl (C=O) groups excluding carboxylic acids is 2. The van der Waals surface area contributed by atoms with Crippen molar-refractivity contribution in [3.63, 3.8) is 0 Å². The van der Waals surface area contributed by atoms with Crippen LogP contribution in [0.5, 0.6) is 0 Å². The van der Waals surface area contributed by atoms with Gasteiger partial charge in [-0.25, -0.2) is 14.5 Å². The summed E-state index contributed by atoms with van der Waals surface area (Å²) in [5, 5.41) is 6.93. The lowest BCUT2D eigenvalue weighted by Crippen LogP contribution is -2.37. The van der Waals surface area contributed by atoms with Gasteiger partial charge in [-0.05, 0) is 19.8 Å². The van der Waals surface area contributed by atoms with Crippen molar-refractivity contribution < 1.29 is 14.3 Å². The van der Waals surface area contributed by atoms with Gasteiger partial charge in [-0.1, -0.05) is 12.8 Å². The minimum absolute atomic E-state index is 0.0389. The summed E-state index contributed by atoms with van der Waals surface area (Å²) in [6.07, 6.45) is 5.75. The summed E-state index contributed by atoms with van der Waals surface area (Å²) in [7, 11) is 1.26. The SMILES string of the molecule is COC(=O)c1ncn(C(C)C(=O)NC2CCCC2)n1. The first-order valence-electron chi connectivity index (χ1n) is 6.41. The van der Waals surface area contributed by atoms with E-state index in [1.807, 2.05) is 0 Å². The summed E-state index contributed by atoms with van der Waals surface area (Å²) in [6.45, 7) is 1.72. The molecule has 7 nitrogen and oxygen atoms in total. The Morgan fingerprint density at radius 2 is 2.16 bits per heavy atom. The van der Waals surface area contributed by atoms with Crippen LogP contribution >= 0.6 is 0 Å². The van der Waals surface area contributed by atoms with E-state index < -0.39 is 12.0 Å². The predicted octanol–water partition coefficient (Wildman–Crippen LogP) is 0.684. The Morgan fingerprint density at radius 3 is 2.79 bits per heavy atom. The third kappa shape index (κ3) is 3.10. The highest BCUT2D eigenvalue weighted by Gasteiger charge is 2.23. The third-order valence-corrected chi connectivity index (χ3v) is 3.35. The zero-order valence-electron chi connectivity index (χ0n) is 11.1. The topological polar surface area (TPSA) is 86.1 Å². The fourth-order valence-electron chi connectivity index (χ4n) is 2.16. The van der Waals surface area contributed by atoms with E-state index in [0.717, 1.165) is 25.7 Å². The largest absolute Gasteiger partial charge is 0.463 e. The molecule has 104 valence electrons. The molecule has 1 fully saturated rings. The van der Waals surface area contributed by atoms with Gasteiger partial charge >= 0.3 is 5.97 Å². The summed E-state index contributed by atoms with van der Waals surface area (Å²) < 4.78 is 5.89. The van der Waals surface area contributed by atoms with E-state index in [0.29, 0.717) is 0 Å². The van der Waals surface area contributed by atoms with Crippen molar-refractivity contribution in [2.24, 2.45) is 0 Å². The first-order chi connectivity index (χ1) is 9.11. The fourth-order valence-corrected chi connectivity index (χ4v) is 2.16. The van der Waals surface area contributed by atoms with Gasteiger partial charge in [0, 0.05) is 6.04 Å². The summed E-state index contributed by atoms with van der Waals surface area (Å²) in [5.74, 6) is -0.751. The number of aromatic nitrogens is 3. The van der Waals surface area contributed by atoms with Crippen LogP contribution in [0.2, 0.25) is 0 Å². The normalized spacial score (nSPS) is 17.2. The Morgan fingerprint density at radius 1 is 1.47 bits per heavy atom. The number of ether oxygens (including phenoxy) is 1. The number of hydrogen-bond acceptors (Lipinski definition) is 5. The number of carbonyl (C=O) groups is 2. The second-order valence-corrected chi connectivity index (χ2v) is 4.71. The Bertz CT molecular complexity index is 465. The van der Waals surface area contributed by atoms with Crippen molar-refractivity contribution >= 4 is 11.9 Å². The average Bonchev–Trinajstić information content (AvgIpc) is 3.07. The summed E-state index contributed by atoms with van der Waals surface area (Å²) in [4.78, 5) is 27.1. The minimum atomic E-state index is -0.609. The molecule has 1 heterocycles. The van der Waals surface area contributed by atoms with Gasteiger partial charge in [0.2, 0.25) is 5.91 Å². The molecule has 2 rings (SSSR count). The molecule has 19 heavy (non-hydrogen) atoms. The molecule has 0 bridgehead atoms. The van der Waals surface area contributed by atoms with E-state index in [1.54, 1.807) is 6.92 Å². The first kappa shape index (κ1) is 13.5. The van der Waals surface area contributed by atoms with Crippen LogP contribution in [0.4, 0.5) is 0 Å². The smallest absolute Gasteiger partial charge is 0.377 e. The van der Waals surface area contributed by atoms with Gasteiger partial charge in [-0.2, -0.15) is 0 Å². The molecule has 1 aromatic heterocycles. The molecule has 1 atom stereocenters. The van der Waals surface area contributed by atoms with Crippen LogP contribution in [-0.2, 0) is 9.53 Å². The molecule has 1 amide bonds. The van der Waals surface area contributed by atoms with Gasteiger partial charge < -0.3 is 10.1 Å². The van der Waals surface area contributed by atoms with Gasteiger partial charge in [0.15, 0.2) is 0 Å². The number of nitrogens with one attached hydrogen (secondary N) is 1. The van der Waals surface area contributed by atoms with Crippen LogP contribution in [0.25, 0.3) is 0 Å². The molecule has 1 aliphatic carbocycles. The zero-order chi connectivity index (χ0) is 13.8. The van der Waals surface area contributed by atoms with Crippen molar-refractivity contribution in [3.05, 3.63) is 12.2 Å². The number of hydrogen-bond donors (Lipinski definition) is 1. The van der Waals surface area contributed by atoms with E-state index in [4.69, 9.17) is 0 Å². The maximum Gasteiger partial charge on any atom is 0.377 e. The molecular weight excluding hydrogens is 248 g/mol. The molecule has 0 spiro atoms. The molecule has 1 aromatic rings. The Kier molecular flexibility index (Phi) is 4.13. The van der Waals surface area contributed by atoms with Gasteiger partial charge in [0.05, 0.1) is 7.11 Å². The Labute approximate surface area is 111 Å². The number of nitrogens with zero attached hydrogens (tertiary/aromatic N) is 3. The third-order valence-electron chi connectivity index (χ3n) is 3.35. The van der Waals surface area contributed by atoms with Crippen LogP contribution in [0.3, 0.4) is 0 Å². The maximum absolute atomic E-state index is 12.0. The van der Waals surface area contributed by atoms with Crippen molar-refractivity contribution in [3.8, 4) is 0 Å². The van der Waals surface area contributed by atoms with E-state index in [1.165, 1.54) is 18.1 Å². The van der Waals surface area contributed by atoms with E-state index in [9.17, 15) is 9.59 Å². The molecule has 0 aromatic carbocycles. The number of amides is 1. The van der Waals surface area contributed by atoms with Crippen molar-refractivity contribution in [1.82, 2.24) is 20.1 Å². The highest BCUT2D eigenvalue weighted by Crippen LogP contribution is 2.18. The molecule has 1 aliphatic rings. The molecule has 1 N–H and O–H groups in total. The molecule has 7 heteroatoms. The number of esters is 1. The standard InChI is InChI=1S/C12H18N4O3/c1-8(11(17)14-9-5-3-4-6-9)16-7-13-10(15-16)12(18)19-2/h7-9H,3-6H2,1-2H3,(H,14,17). The average molecular weight is 266 g/mol. The van der Waals surface area contributed by atoms with Gasteiger partial charge in [0.25, 0.3) is 5.82 Å². The van der Waals surface area contributed by atoms with Crippen molar-refractivity contribution in [1.29, 1.82) is 0 Å². The molecular formula is C12H18N4O3. The van der Waals surface area contributed by atoms with E-state index in [2.05, 4.69) is 20.1 Å². The van der Waals surface area contributed by atoms with E-state index >= 15 is 0 Å². The van der Waals surface area contributed by atoms with E-state index in [-0.39, 0.29) is 17.8 Å². The lowest BCUT2D eigenvalue weighted by Gasteiger charge is -2.16. The number of rotatable bonds is 4. The van der Waals surface area contributed by atoms with Crippen LogP contribution in [0.15, 0.2) is 6.33 Å². The lowest BCUT2D eigenvalue weighted by molar-refractivity contribution is -0.124. The van der Waals surface area contributed by atoms with Crippen LogP contribution in [0.1, 0.15) is 49.3 Å². The van der Waals surface area contributed by atoms with Crippen molar-refractivity contribution in [2.75, 3.05) is 7.11 Å². The Balaban J connectivity index is 1.98. The van der Waals surface area contributed by atoms with Gasteiger partial charge in [-0.15, -0.1) is 5.10 Å². The quantitative estimate of drug-likeness (QED) is 0.810. The zero-order valence-corrected chi connectivity index (χ0v) is 11.1. The maximum atomic E-state index is 12.0. The second kappa shape index (κ2) is 5.81. The molecule has 0 aliphatic heterocycles. The molecule has 1 unspecified atom stereocenters. The van der Waals surface area contributed by atoms with Crippen LogP contribution < -0.4 is 5.32 Å². The predicted molar refractivity (Wildman–Crippen MR) is 66.5 cm³/mol. The van der Waals surface area contributed by atoms with Crippen molar-refractivity contribution in [2.45, 2.75) is 44.7 Å². The Hall–Kier alpha value is -1.92. The highest BCUT2D eigenvalue weighted by atomic mass is 16.5. The lowest BCUT2D eigenvalue weighted by atomic mass is 10.2. The summed E-state index contributed by atoms with van der Waals surface area (Å²) in [5.41, 5.74) is 0. The number of methoxy groups -OCH3 is 1. The fraction of sp³-hybridized carbons (Fsp3) is 0.667. The monoisotopic (exact) mass is 266 g/mol. The van der Waals surface area contributed by atoms with Gasteiger partial charge in [0.1, 0.15) is 12.4 Å². The molecule has 0 saturated heterocycles. The minimum Gasteiger partial charge on any atom is -0.463 e. The van der Waals surface area contributed by atoms with Gasteiger partial charge in [-0.3, -0.25) is 4.79 Å². The second-order valence-electron chi connectivity index (χ2n) is 4.71. The first-order valence-corrected chi connectivity index (χ1v) is 6.41. The molecule has 1 saturated carbocycles. The highest BCUT2D eigenvalue weighted by molar-refractivity contribution is 5.85.